The Bertz CT molecular complexity index is 786. The summed E-state index contributed by atoms with van der Waals surface area (Å²) in [6.45, 7) is 5.93. The molecule has 3 rings (SSSR count). The van der Waals surface area contributed by atoms with Crippen molar-refractivity contribution in [2.24, 2.45) is 0 Å². The minimum absolute atomic E-state index is 0.161. The summed E-state index contributed by atoms with van der Waals surface area (Å²) in [6, 6.07) is 9.28. The van der Waals surface area contributed by atoms with Crippen LogP contribution >= 0.6 is 0 Å². The minimum atomic E-state index is -0.590. The molecule has 0 spiro atoms. The van der Waals surface area contributed by atoms with E-state index in [1.807, 2.05) is 36.9 Å². The predicted molar refractivity (Wildman–Crippen MR) is 95.1 cm³/mol. The van der Waals surface area contributed by atoms with E-state index in [1.54, 1.807) is 4.90 Å². The third kappa shape index (κ3) is 3.90. The number of carbonyl (C=O) groups excluding carboxylic acids is 1. The van der Waals surface area contributed by atoms with Crippen LogP contribution in [0.15, 0.2) is 36.4 Å². The van der Waals surface area contributed by atoms with Gasteiger partial charge in [0.25, 0.3) is 0 Å². The van der Waals surface area contributed by atoms with Crippen molar-refractivity contribution >= 4 is 17.4 Å². The van der Waals surface area contributed by atoms with Gasteiger partial charge >= 0.3 is 6.03 Å². The summed E-state index contributed by atoms with van der Waals surface area (Å²) in [4.78, 5) is 16.0. The van der Waals surface area contributed by atoms with E-state index in [1.165, 1.54) is 12.1 Å². The van der Waals surface area contributed by atoms with E-state index < -0.39 is 11.6 Å². The zero-order valence-electron chi connectivity index (χ0n) is 14.4. The molecule has 2 aromatic carbocycles. The summed E-state index contributed by atoms with van der Waals surface area (Å²) >= 11 is 0. The molecule has 1 fully saturated rings. The number of rotatable bonds is 2. The van der Waals surface area contributed by atoms with Gasteiger partial charge < -0.3 is 15.1 Å². The van der Waals surface area contributed by atoms with Gasteiger partial charge in [-0.3, -0.25) is 0 Å². The van der Waals surface area contributed by atoms with Crippen molar-refractivity contribution in [1.29, 1.82) is 0 Å². The Kier molecular flexibility index (Phi) is 4.88. The molecule has 1 aliphatic rings. The normalized spacial score (nSPS) is 14.6. The average Bonchev–Trinajstić information content (AvgIpc) is 2.57. The number of urea groups is 1. The fourth-order valence-corrected chi connectivity index (χ4v) is 3.04. The Morgan fingerprint density at radius 1 is 1.00 bits per heavy atom. The molecule has 1 N–H and O–H groups in total. The summed E-state index contributed by atoms with van der Waals surface area (Å²) < 4.78 is 26.9. The predicted octanol–water partition coefficient (Wildman–Crippen LogP) is 3.94. The summed E-state index contributed by atoms with van der Waals surface area (Å²) in [5.74, 6) is -1.17. The number of carbonyl (C=O) groups is 1. The van der Waals surface area contributed by atoms with Gasteiger partial charge in [0.1, 0.15) is 11.6 Å². The number of hydrogen-bond donors (Lipinski definition) is 1. The van der Waals surface area contributed by atoms with E-state index in [0.29, 0.717) is 31.9 Å². The molecule has 0 unspecified atom stereocenters. The van der Waals surface area contributed by atoms with Crippen molar-refractivity contribution in [3.63, 3.8) is 0 Å². The molecule has 0 aliphatic carbocycles. The Morgan fingerprint density at radius 3 is 2.36 bits per heavy atom. The highest BCUT2D eigenvalue weighted by molar-refractivity contribution is 5.90. The Balaban J connectivity index is 1.60. The molecule has 1 aliphatic heterocycles. The Hall–Kier alpha value is -2.63. The van der Waals surface area contributed by atoms with Crippen molar-refractivity contribution in [1.82, 2.24) is 4.90 Å². The number of hydrogen-bond acceptors (Lipinski definition) is 2. The monoisotopic (exact) mass is 345 g/mol. The molecule has 0 aromatic heterocycles. The molecule has 4 nitrogen and oxygen atoms in total. The van der Waals surface area contributed by atoms with E-state index in [0.717, 1.165) is 22.9 Å². The zero-order chi connectivity index (χ0) is 18.0. The van der Waals surface area contributed by atoms with Crippen LogP contribution in [0.4, 0.5) is 25.0 Å². The maximum absolute atomic E-state index is 13.9. The van der Waals surface area contributed by atoms with Crippen LogP contribution in [0.5, 0.6) is 0 Å². The van der Waals surface area contributed by atoms with Gasteiger partial charge in [0.15, 0.2) is 0 Å². The van der Waals surface area contributed by atoms with Gasteiger partial charge in [-0.25, -0.2) is 13.6 Å². The lowest BCUT2D eigenvalue weighted by atomic mass is 10.1. The van der Waals surface area contributed by atoms with Crippen LogP contribution in [0.2, 0.25) is 0 Å². The SMILES string of the molecule is Cc1ccc(NC(=O)N2CCN(c3ccc(F)cc3F)CC2)c(C)c1. The molecule has 0 saturated carbocycles. The molecule has 1 heterocycles. The average molecular weight is 345 g/mol. The van der Waals surface area contributed by atoms with Crippen LogP contribution < -0.4 is 10.2 Å². The lowest BCUT2D eigenvalue weighted by Crippen LogP contribution is -2.50. The number of anilines is 2. The third-order valence-electron chi connectivity index (χ3n) is 4.44. The number of benzene rings is 2. The Labute approximate surface area is 146 Å². The smallest absolute Gasteiger partial charge is 0.321 e. The third-order valence-corrected chi connectivity index (χ3v) is 4.44. The van der Waals surface area contributed by atoms with E-state index in [4.69, 9.17) is 0 Å². The molecule has 2 amide bonds. The van der Waals surface area contributed by atoms with E-state index in [-0.39, 0.29) is 6.03 Å². The van der Waals surface area contributed by atoms with Crippen LogP contribution in [-0.4, -0.2) is 37.1 Å². The number of nitrogens with one attached hydrogen (secondary N) is 1. The summed E-state index contributed by atoms with van der Waals surface area (Å²) in [6.07, 6.45) is 0. The lowest BCUT2D eigenvalue weighted by molar-refractivity contribution is 0.208. The zero-order valence-corrected chi connectivity index (χ0v) is 14.4. The largest absolute Gasteiger partial charge is 0.366 e. The standard InChI is InChI=1S/C19H21F2N3O/c1-13-3-5-17(14(2)11-13)22-19(25)24-9-7-23(8-10-24)18-6-4-15(20)12-16(18)21/h3-6,11-12H,7-10H2,1-2H3,(H,22,25). The first-order valence-corrected chi connectivity index (χ1v) is 8.27. The second kappa shape index (κ2) is 7.09. The van der Waals surface area contributed by atoms with Gasteiger partial charge in [0, 0.05) is 37.9 Å². The van der Waals surface area contributed by atoms with Crippen LogP contribution in [0.3, 0.4) is 0 Å². The lowest BCUT2D eigenvalue weighted by Gasteiger charge is -2.36. The highest BCUT2D eigenvalue weighted by Crippen LogP contribution is 2.22. The summed E-state index contributed by atoms with van der Waals surface area (Å²) in [5.41, 5.74) is 3.32. The highest BCUT2D eigenvalue weighted by Gasteiger charge is 2.23. The van der Waals surface area contributed by atoms with Crippen LogP contribution in [0, 0.1) is 25.5 Å². The minimum Gasteiger partial charge on any atom is -0.366 e. The first kappa shape index (κ1) is 17.2. The number of amides is 2. The first-order chi connectivity index (χ1) is 11.9. The quantitative estimate of drug-likeness (QED) is 0.895. The van der Waals surface area contributed by atoms with Crippen molar-refractivity contribution in [2.75, 3.05) is 36.4 Å². The first-order valence-electron chi connectivity index (χ1n) is 8.27. The van der Waals surface area contributed by atoms with E-state index >= 15 is 0 Å². The van der Waals surface area contributed by atoms with Crippen molar-refractivity contribution in [3.8, 4) is 0 Å². The molecule has 0 radical (unpaired) electrons. The molecule has 6 heteroatoms. The summed E-state index contributed by atoms with van der Waals surface area (Å²) in [5, 5.41) is 2.93. The topological polar surface area (TPSA) is 35.6 Å². The number of halogens is 2. The fourth-order valence-electron chi connectivity index (χ4n) is 3.04. The fraction of sp³-hybridized carbons (Fsp3) is 0.316. The van der Waals surface area contributed by atoms with Crippen LogP contribution in [-0.2, 0) is 0 Å². The van der Waals surface area contributed by atoms with Crippen LogP contribution in [0.25, 0.3) is 0 Å². The van der Waals surface area contributed by atoms with Crippen molar-refractivity contribution < 1.29 is 13.6 Å². The molecule has 0 atom stereocenters. The molecule has 2 aromatic rings. The van der Waals surface area contributed by atoms with Gasteiger partial charge in [-0.2, -0.15) is 0 Å². The van der Waals surface area contributed by atoms with Crippen LogP contribution in [0.1, 0.15) is 11.1 Å². The van der Waals surface area contributed by atoms with E-state index in [2.05, 4.69) is 5.32 Å². The van der Waals surface area contributed by atoms with Gasteiger partial charge in [-0.15, -0.1) is 0 Å². The molecule has 132 valence electrons. The molecule has 25 heavy (non-hydrogen) atoms. The highest BCUT2D eigenvalue weighted by atomic mass is 19.1. The maximum Gasteiger partial charge on any atom is 0.321 e. The van der Waals surface area contributed by atoms with E-state index in [9.17, 15) is 13.6 Å². The van der Waals surface area contributed by atoms with Gasteiger partial charge in [0.2, 0.25) is 0 Å². The number of piperazine rings is 1. The number of nitrogens with zero attached hydrogens (tertiary/aromatic N) is 2. The van der Waals surface area contributed by atoms with Crippen molar-refractivity contribution in [3.05, 3.63) is 59.2 Å². The molecule has 1 saturated heterocycles. The van der Waals surface area contributed by atoms with Crippen molar-refractivity contribution in [2.45, 2.75) is 13.8 Å². The summed E-state index contributed by atoms with van der Waals surface area (Å²) in [7, 11) is 0. The second-order valence-corrected chi connectivity index (χ2v) is 6.32. The van der Waals surface area contributed by atoms with Gasteiger partial charge in [-0.05, 0) is 37.6 Å². The Morgan fingerprint density at radius 2 is 1.72 bits per heavy atom. The molecular weight excluding hydrogens is 324 g/mol. The van der Waals surface area contributed by atoms with Gasteiger partial charge in [0.05, 0.1) is 5.69 Å². The molecular formula is C19H21F2N3O. The maximum atomic E-state index is 13.9. The second-order valence-electron chi connectivity index (χ2n) is 6.32. The number of aryl methyl sites for hydroxylation is 2. The van der Waals surface area contributed by atoms with Gasteiger partial charge in [-0.1, -0.05) is 17.7 Å². The molecule has 0 bridgehead atoms.